The summed E-state index contributed by atoms with van der Waals surface area (Å²) in [7, 11) is 0. The fourth-order valence-electron chi connectivity index (χ4n) is 5.79. The highest BCUT2D eigenvalue weighted by molar-refractivity contribution is 5.76. The van der Waals surface area contributed by atoms with E-state index in [-0.39, 0.29) is 28.6 Å². The Kier molecular flexibility index (Phi) is 7.47. The van der Waals surface area contributed by atoms with Gasteiger partial charge in [-0.15, -0.1) is 0 Å². The lowest BCUT2D eigenvalue weighted by atomic mass is 9.76. The van der Waals surface area contributed by atoms with Crippen LogP contribution in [0.2, 0.25) is 0 Å². The van der Waals surface area contributed by atoms with Crippen molar-refractivity contribution in [2.45, 2.75) is 30.7 Å². The van der Waals surface area contributed by atoms with Crippen LogP contribution in [-0.2, 0) is 12.8 Å². The molecule has 0 unspecified atom stereocenters. The minimum Gasteiger partial charge on any atom is -0.461 e. The predicted molar refractivity (Wildman–Crippen MR) is 162 cm³/mol. The molecule has 7 heteroatoms. The van der Waals surface area contributed by atoms with Crippen molar-refractivity contribution in [3.8, 4) is 0 Å². The lowest BCUT2D eigenvalue weighted by Gasteiger charge is -2.28. The van der Waals surface area contributed by atoms with Crippen molar-refractivity contribution in [1.29, 1.82) is 0 Å². The molecular weight excluding hydrogens is 530 g/mol. The predicted octanol–water partition coefficient (Wildman–Crippen LogP) is 6.90. The van der Waals surface area contributed by atoms with Crippen LogP contribution in [0.4, 0.5) is 0 Å². The second-order valence-corrected chi connectivity index (χ2v) is 10.4. The van der Waals surface area contributed by atoms with E-state index in [1.165, 1.54) is 12.1 Å². The van der Waals surface area contributed by atoms with Gasteiger partial charge >= 0.3 is 0 Å². The Morgan fingerprint density at radius 1 is 0.571 bits per heavy atom. The molecule has 2 atom stereocenters. The van der Waals surface area contributed by atoms with Gasteiger partial charge in [-0.3, -0.25) is 19.7 Å². The average Bonchev–Trinajstić information content (AvgIpc) is 3.01. The zero-order valence-corrected chi connectivity index (χ0v) is 22.6. The van der Waals surface area contributed by atoms with Gasteiger partial charge in [-0.05, 0) is 35.4 Å². The third-order valence-corrected chi connectivity index (χ3v) is 7.74. The van der Waals surface area contributed by atoms with Crippen LogP contribution in [0.25, 0.3) is 21.9 Å². The van der Waals surface area contributed by atoms with E-state index >= 15 is 0 Å². The summed E-state index contributed by atoms with van der Waals surface area (Å²) in [5.74, 6) is -0.599. The first-order valence-corrected chi connectivity index (χ1v) is 13.7. The third-order valence-electron chi connectivity index (χ3n) is 7.74. The normalized spacial score (nSPS) is 12.9. The molecule has 7 nitrogen and oxygen atoms in total. The highest BCUT2D eigenvalue weighted by Gasteiger charge is 2.42. The van der Waals surface area contributed by atoms with Crippen molar-refractivity contribution in [1.82, 2.24) is 0 Å². The number of benzene rings is 4. The Morgan fingerprint density at radius 2 is 0.952 bits per heavy atom. The molecule has 208 valence electrons. The molecule has 4 aromatic carbocycles. The van der Waals surface area contributed by atoms with E-state index in [9.17, 15) is 19.7 Å². The molecule has 2 heterocycles. The van der Waals surface area contributed by atoms with Gasteiger partial charge in [0.15, 0.2) is 10.9 Å². The maximum atomic E-state index is 13.1. The van der Waals surface area contributed by atoms with E-state index in [0.29, 0.717) is 33.5 Å². The van der Waals surface area contributed by atoms with E-state index in [0.717, 1.165) is 11.1 Å². The van der Waals surface area contributed by atoms with Crippen LogP contribution in [0.3, 0.4) is 0 Å². The van der Waals surface area contributed by atoms with Crippen LogP contribution in [0.5, 0.6) is 0 Å². The van der Waals surface area contributed by atoms with Crippen molar-refractivity contribution < 1.29 is 13.8 Å². The number of nitro groups is 1. The fraction of sp³-hybridized carbons (Fsp3) is 0.143. The lowest BCUT2D eigenvalue weighted by molar-refractivity contribution is -0.531. The number of fused-ring (bicyclic) bond motifs is 2. The summed E-state index contributed by atoms with van der Waals surface area (Å²) in [5.41, 5.74) is 1.96. The van der Waals surface area contributed by atoms with Gasteiger partial charge in [0.05, 0.1) is 22.6 Å². The monoisotopic (exact) mass is 557 g/mol. The molecule has 0 saturated heterocycles. The molecule has 0 amide bonds. The molecule has 0 spiro atoms. The highest BCUT2D eigenvalue weighted by atomic mass is 16.6. The van der Waals surface area contributed by atoms with Crippen LogP contribution in [-0.4, -0.2) is 11.0 Å². The standard InChI is InChI=1S/C35H27NO6/c37-31-21-25(41-33-17-9-7-15-27(31)33)19-29(23-11-3-1-4-12-23)35(36(39)40)30(24-13-5-2-6-14-24)20-26-22-32(38)28-16-8-10-18-34(28)42-26/h1-18,21-22,29-30,35H,19-20H2/t29-,30-/m1/s1. The van der Waals surface area contributed by atoms with Gasteiger partial charge < -0.3 is 8.83 Å². The molecule has 0 aliphatic rings. The topological polar surface area (TPSA) is 104 Å². The van der Waals surface area contributed by atoms with E-state index < -0.39 is 17.9 Å². The molecule has 0 aliphatic carbocycles. The van der Waals surface area contributed by atoms with Crippen LogP contribution in [0, 0.1) is 10.1 Å². The second-order valence-electron chi connectivity index (χ2n) is 10.4. The summed E-state index contributed by atoms with van der Waals surface area (Å²) in [6.45, 7) is 0. The number of hydrogen-bond donors (Lipinski definition) is 0. The minimum atomic E-state index is -1.15. The van der Waals surface area contributed by atoms with Gasteiger partial charge in [0.2, 0.25) is 6.04 Å². The van der Waals surface area contributed by atoms with Crippen LogP contribution < -0.4 is 10.9 Å². The summed E-state index contributed by atoms with van der Waals surface area (Å²) < 4.78 is 12.2. The summed E-state index contributed by atoms with van der Waals surface area (Å²) in [6.07, 6.45) is 0.251. The average molecular weight is 558 g/mol. The highest BCUT2D eigenvalue weighted by Crippen LogP contribution is 2.37. The first-order chi connectivity index (χ1) is 20.5. The van der Waals surface area contributed by atoms with E-state index in [2.05, 4.69) is 0 Å². The fourth-order valence-corrected chi connectivity index (χ4v) is 5.79. The largest absolute Gasteiger partial charge is 0.461 e. The van der Waals surface area contributed by atoms with Gasteiger partial charge in [-0.1, -0.05) is 84.9 Å². The second kappa shape index (κ2) is 11.7. The van der Waals surface area contributed by atoms with Crippen molar-refractivity contribution in [3.05, 3.63) is 175 Å². The number of nitrogens with zero attached hydrogens (tertiary/aromatic N) is 1. The minimum absolute atomic E-state index is 0.126. The van der Waals surface area contributed by atoms with Gasteiger partial charge in [0.1, 0.15) is 22.7 Å². The Labute approximate surface area is 240 Å². The van der Waals surface area contributed by atoms with E-state index in [1.807, 2.05) is 60.7 Å². The molecule has 0 aliphatic heterocycles. The SMILES string of the molecule is O=c1cc(C[C@H](c2ccccc2)C([C@H](Cc2cc(=O)c3ccccc3o2)c2ccccc2)[N+](=O)[O-])oc2ccccc12. The zero-order chi connectivity index (χ0) is 29.1. The third kappa shape index (κ3) is 5.49. The first-order valence-electron chi connectivity index (χ1n) is 13.7. The molecule has 42 heavy (non-hydrogen) atoms. The summed E-state index contributed by atoms with van der Waals surface area (Å²) in [5, 5.41) is 14.0. The number of para-hydroxylation sites is 2. The molecule has 0 N–H and O–H groups in total. The van der Waals surface area contributed by atoms with Crippen molar-refractivity contribution in [2.24, 2.45) is 0 Å². The maximum Gasteiger partial charge on any atom is 0.227 e. The smallest absolute Gasteiger partial charge is 0.227 e. The van der Waals surface area contributed by atoms with E-state index in [1.54, 1.807) is 48.5 Å². The van der Waals surface area contributed by atoms with Crippen molar-refractivity contribution in [2.75, 3.05) is 0 Å². The Bertz CT molecular complexity index is 1840. The summed E-state index contributed by atoms with van der Waals surface area (Å²) >= 11 is 0. The molecule has 0 fully saturated rings. The molecule has 6 rings (SSSR count). The van der Waals surface area contributed by atoms with Crippen molar-refractivity contribution >= 4 is 21.9 Å². The number of hydrogen-bond acceptors (Lipinski definition) is 6. The van der Waals surface area contributed by atoms with E-state index in [4.69, 9.17) is 8.83 Å². The van der Waals surface area contributed by atoms with Crippen LogP contribution in [0.1, 0.15) is 34.5 Å². The quantitative estimate of drug-likeness (QED) is 0.142. The number of rotatable bonds is 9. The lowest BCUT2D eigenvalue weighted by Crippen LogP contribution is -2.36. The molecular formula is C35H27NO6. The van der Waals surface area contributed by atoms with Gasteiger partial charge in [0, 0.05) is 29.9 Å². The van der Waals surface area contributed by atoms with Crippen LogP contribution >= 0.6 is 0 Å². The van der Waals surface area contributed by atoms with Crippen LogP contribution in [0.15, 0.2) is 140 Å². The van der Waals surface area contributed by atoms with Crippen molar-refractivity contribution in [3.63, 3.8) is 0 Å². The summed E-state index contributed by atoms with van der Waals surface area (Å²) in [6, 6.07) is 34.2. The Balaban J connectivity index is 1.48. The zero-order valence-electron chi connectivity index (χ0n) is 22.6. The first kappa shape index (κ1) is 26.9. The van der Waals surface area contributed by atoms with Gasteiger partial charge in [-0.2, -0.15) is 0 Å². The van der Waals surface area contributed by atoms with Gasteiger partial charge in [0.25, 0.3) is 0 Å². The Hall–Kier alpha value is -5.30. The van der Waals surface area contributed by atoms with Gasteiger partial charge in [-0.25, -0.2) is 0 Å². The molecule has 2 aromatic heterocycles. The Morgan fingerprint density at radius 3 is 1.36 bits per heavy atom. The maximum absolute atomic E-state index is 13.1. The molecule has 6 aromatic rings. The summed E-state index contributed by atoms with van der Waals surface area (Å²) in [4.78, 5) is 38.7. The molecule has 0 bridgehead atoms. The molecule has 0 saturated carbocycles. The molecule has 0 radical (unpaired) electrons.